The minimum Gasteiger partial charge on any atom is -0.330 e. The van der Waals surface area contributed by atoms with Crippen molar-refractivity contribution >= 4 is 11.6 Å². The van der Waals surface area contributed by atoms with E-state index in [1.165, 1.54) is 0 Å². The highest BCUT2D eigenvalue weighted by Crippen LogP contribution is 2.33. The number of aromatic nitrogens is 3. The Hall–Kier alpha value is -2.69. The van der Waals surface area contributed by atoms with Crippen molar-refractivity contribution in [3.05, 3.63) is 65.9 Å². The van der Waals surface area contributed by atoms with Gasteiger partial charge >= 0.3 is 0 Å². The van der Waals surface area contributed by atoms with E-state index in [-0.39, 0.29) is 11.9 Å². The lowest BCUT2D eigenvalue weighted by atomic mass is 10.1. The SMILES string of the molecule is Cc1c(C(=O)N2CCCC2c2cccnc2)nc2ccccn12. The van der Waals surface area contributed by atoms with Gasteiger partial charge in [0.1, 0.15) is 11.3 Å². The molecule has 5 nitrogen and oxygen atoms in total. The third-order valence-electron chi connectivity index (χ3n) is 4.55. The van der Waals surface area contributed by atoms with Crippen molar-refractivity contribution in [3.8, 4) is 0 Å². The highest BCUT2D eigenvalue weighted by molar-refractivity contribution is 5.94. The predicted molar refractivity (Wildman–Crippen MR) is 87.2 cm³/mol. The van der Waals surface area contributed by atoms with Crippen LogP contribution in [0.5, 0.6) is 0 Å². The summed E-state index contributed by atoms with van der Waals surface area (Å²) >= 11 is 0. The zero-order chi connectivity index (χ0) is 15.8. The number of amides is 1. The summed E-state index contributed by atoms with van der Waals surface area (Å²) in [5.41, 5.74) is 3.35. The molecule has 4 rings (SSSR count). The summed E-state index contributed by atoms with van der Waals surface area (Å²) < 4.78 is 1.96. The molecule has 3 aromatic rings. The van der Waals surface area contributed by atoms with Gasteiger partial charge in [-0.15, -0.1) is 0 Å². The van der Waals surface area contributed by atoms with Crippen molar-refractivity contribution in [2.45, 2.75) is 25.8 Å². The maximum absolute atomic E-state index is 13.1. The number of hydrogen-bond acceptors (Lipinski definition) is 3. The number of imidazole rings is 1. The zero-order valence-electron chi connectivity index (χ0n) is 13.0. The molecule has 1 fully saturated rings. The Bertz CT molecular complexity index is 856. The van der Waals surface area contributed by atoms with Crippen molar-refractivity contribution < 1.29 is 4.79 Å². The lowest BCUT2D eigenvalue weighted by molar-refractivity contribution is 0.0729. The molecule has 1 atom stereocenters. The second-order valence-corrected chi connectivity index (χ2v) is 5.92. The van der Waals surface area contributed by atoms with E-state index >= 15 is 0 Å². The number of fused-ring (bicyclic) bond motifs is 1. The molecule has 0 bridgehead atoms. The van der Waals surface area contributed by atoms with Gasteiger partial charge in [0.05, 0.1) is 11.7 Å². The number of carbonyl (C=O) groups is 1. The first-order valence-electron chi connectivity index (χ1n) is 7.90. The largest absolute Gasteiger partial charge is 0.330 e. The van der Waals surface area contributed by atoms with Crippen molar-refractivity contribution in [3.63, 3.8) is 0 Å². The highest BCUT2D eigenvalue weighted by Gasteiger charge is 2.32. The molecule has 0 spiro atoms. The lowest BCUT2D eigenvalue weighted by Crippen LogP contribution is -2.31. The summed E-state index contributed by atoms with van der Waals surface area (Å²) in [6.07, 6.45) is 7.54. The number of nitrogens with zero attached hydrogens (tertiary/aromatic N) is 4. The third-order valence-corrected chi connectivity index (χ3v) is 4.55. The van der Waals surface area contributed by atoms with Gasteiger partial charge in [0.25, 0.3) is 5.91 Å². The van der Waals surface area contributed by atoms with E-state index in [9.17, 15) is 4.79 Å². The molecule has 1 unspecified atom stereocenters. The fourth-order valence-corrected chi connectivity index (χ4v) is 3.39. The summed E-state index contributed by atoms with van der Waals surface area (Å²) in [7, 11) is 0. The van der Waals surface area contributed by atoms with Crippen LogP contribution in [0.1, 0.15) is 40.6 Å². The molecule has 0 aliphatic carbocycles. The third kappa shape index (κ3) is 2.29. The van der Waals surface area contributed by atoms with Crippen LogP contribution in [0.2, 0.25) is 0 Å². The Balaban J connectivity index is 1.71. The smallest absolute Gasteiger partial charge is 0.274 e. The summed E-state index contributed by atoms with van der Waals surface area (Å²) in [4.78, 5) is 23.7. The molecule has 23 heavy (non-hydrogen) atoms. The summed E-state index contributed by atoms with van der Waals surface area (Å²) in [6.45, 7) is 2.72. The van der Waals surface area contributed by atoms with Gasteiger partial charge in [0.2, 0.25) is 0 Å². The summed E-state index contributed by atoms with van der Waals surface area (Å²) in [5, 5.41) is 0. The Kier molecular flexibility index (Phi) is 3.33. The van der Waals surface area contributed by atoms with E-state index in [1.54, 1.807) is 6.20 Å². The van der Waals surface area contributed by atoms with Crippen molar-refractivity contribution in [2.75, 3.05) is 6.54 Å². The topological polar surface area (TPSA) is 50.5 Å². The molecule has 0 N–H and O–H groups in total. The molecule has 5 heteroatoms. The van der Waals surface area contributed by atoms with Gasteiger partial charge in [-0.3, -0.25) is 9.78 Å². The Morgan fingerprint density at radius 2 is 2.17 bits per heavy atom. The first-order chi connectivity index (χ1) is 11.3. The average molecular weight is 306 g/mol. The van der Waals surface area contributed by atoms with Crippen LogP contribution in [0.4, 0.5) is 0 Å². The molecule has 116 valence electrons. The van der Waals surface area contributed by atoms with Gasteiger partial charge < -0.3 is 9.30 Å². The first-order valence-corrected chi connectivity index (χ1v) is 7.90. The van der Waals surface area contributed by atoms with Crippen molar-refractivity contribution in [1.82, 2.24) is 19.3 Å². The molecule has 1 saturated heterocycles. The lowest BCUT2D eigenvalue weighted by Gasteiger charge is -2.24. The van der Waals surface area contributed by atoms with E-state index < -0.39 is 0 Å². The number of pyridine rings is 2. The second kappa shape index (κ2) is 5.50. The molecule has 1 aliphatic rings. The normalized spacial score (nSPS) is 17.8. The van der Waals surface area contributed by atoms with Crippen LogP contribution in [0.25, 0.3) is 5.65 Å². The van der Waals surface area contributed by atoms with Crippen LogP contribution in [-0.4, -0.2) is 31.7 Å². The van der Waals surface area contributed by atoms with Gasteiger partial charge in [-0.05, 0) is 43.5 Å². The minimum absolute atomic E-state index is 0.0116. The summed E-state index contributed by atoms with van der Waals surface area (Å²) in [6, 6.07) is 9.87. The van der Waals surface area contributed by atoms with Gasteiger partial charge in [0.15, 0.2) is 0 Å². The van der Waals surface area contributed by atoms with Gasteiger partial charge in [-0.1, -0.05) is 12.1 Å². The fraction of sp³-hybridized carbons (Fsp3) is 0.278. The maximum Gasteiger partial charge on any atom is 0.274 e. The van der Waals surface area contributed by atoms with E-state index in [2.05, 4.69) is 9.97 Å². The molecule has 0 radical (unpaired) electrons. The maximum atomic E-state index is 13.1. The Morgan fingerprint density at radius 1 is 1.26 bits per heavy atom. The molecule has 1 aliphatic heterocycles. The number of likely N-dealkylation sites (tertiary alicyclic amines) is 1. The highest BCUT2D eigenvalue weighted by atomic mass is 16.2. The molecule has 1 amide bonds. The first kappa shape index (κ1) is 13.9. The quantitative estimate of drug-likeness (QED) is 0.731. The van der Waals surface area contributed by atoms with E-state index in [4.69, 9.17) is 0 Å². The van der Waals surface area contributed by atoms with Crippen molar-refractivity contribution in [1.29, 1.82) is 0 Å². The number of carbonyl (C=O) groups excluding carboxylic acids is 1. The fourth-order valence-electron chi connectivity index (χ4n) is 3.39. The molecular weight excluding hydrogens is 288 g/mol. The summed E-state index contributed by atoms with van der Waals surface area (Å²) in [5.74, 6) is 0.0116. The van der Waals surface area contributed by atoms with Crippen LogP contribution in [0, 0.1) is 6.92 Å². The molecule has 0 saturated carbocycles. The van der Waals surface area contributed by atoms with Crippen LogP contribution in [0.3, 0.4) is 0 Å². The zero-order valence-corrected chi connectivity index (χ0v) is 13.0. The van der Waals surface area contributed by atoms with E-state index in [1.807, 2.05) is 58.9 Å². The Labute approximate surface area is 134 Å². The van der Waals surface area contributed by atoms with Crippen LogP contribution < -0.4 is 0 Å². The standard InChI is InChI=1S/C18H18N4O/c1-13-17(20-16-8-2-3-10-21(13)16)18(23)22-11-5-7-15(22)14-6-4-9-19-12-14/h2-4,6,8-10,12,15H,5,7,11H2,1H3. The molecule has 3 aromatic heterocycles. The van der Waals surface area contributed by atoms with E-state index in [0.29, 0.717) is 5.69 Å². The Morgan fingerprint density at radius 3 is 2.96 bits per heavy atom. The van der Waals surface area contributed by atoms with Crippen molar-refractivity contribution in [2.24, 2.45) is 0 Å². The number of rotatable bonds is 2. The molecular formula is C18H18N4O. The van der Waals surface area contributed by atoms with Crippen LogP contribution >= 0.6 is 0 Å². The number of hydrogen-bond donors (Lipinski definition) is 0. The molecule has 4 heterocycles. The predicted octanol–water partition coefficient (Wildman–Crippen LogP) is 3.02. The minimum atomic E-state index is 0.0116. The van der Waals surface area contributed by atoms with E-state index in [0.717, 1.165) is 36.3 Å². The van der Waals surface area contributed by atoms with Gasteiger partial charge in [0, 0.05) is 25.1 Å². The van der Waals surface area contributed by atoms with Crippen LogP contribution in [-0.2, 0) is 0 Å². The second-order valence-electron chi connectivity index (χ2n) is 5.92. The number of aryl methyl sites for hydroxylation is 1. The van der Waals surface area contributed by atoms with Gasteiger partial charge in [-0.25, -0.2) is 4.98 Å². The van der Waals surface area contributed by atoms with Crippen LogP contribution in [0.15, 0.2) is 48.9 Å². The average Bonchev–Trinajstić information content (AvgIpc) is 3.21. The van der Waals surface area contributed by atoms with Gasteiger partial charge in [-0.2, -0.15) is 0 Å². The monoisotopic (exact) mass is 306 g/mol. The molecule has 0 aromatic carbocycles.